The quantitative estimate of drug-likeness (QED) is 0.552. The first kappa shape index (κ1) is 13.4. The van der Waals surface area contributed by atoms with Gasteiger partial charge in [0.1, 0.15) is 5.75 Å². The van der Waals surface area contributed by atoms with Gasteiger partial charge in [0.15, 0.2) is 0 Å². The number of phenolic OH excluding ortho intramolecular Hbond substituents is 1. The minimum Gasteiger partial charge on any atom is -0.508 e. The van der Waals surface area contributed by atoms with Gasteiger partial charge in [-0.2, -0.15) is 0 Å². The number of phenols is 1. The van der Waals surface area contributed by atoms with Gasteiger partial charge < -0.3 is 20.5 Å². The van der Waals surface area contributed by atoms with Gasteiger partial charge in [0.05, 0.1) is 6.10 Å². The fourth-order valence-corrected chi connectivity index (χ4v) is 1.82. The Bertz CT molecular complexity index is 452. The highest BCUT2D eigenvalue weighted by Gasteiger charge is 2.19. The first-order valence-electron chi connectivity index (χ1n) is 6.15. The standard InChI is InChI=1S/C13H16N2O4/c16-10-5-3-9(4-6-10)15-13(18)12(17)14-8-11-2-1-7-19-11/h3-6,11,16H,1-2,7-8H2,(H,14,17)(H,15,18). The van der Waals surface area contributed by atoms with E-state index in [1.165, 1.54) is 24.3 Å². The smallest absolute Gasteiger partial charge is 0.313 e. The van der Waals surface area contributed by atoms with E-state index >= 15 is 0 Å². The Labute approximate surface area is 110 Å². The highest BCUT2D eigenvalue weighted by molar-refractivity contribution is 6.39. The molecule has 0 radical (unpaired) electrons. The molecule has 6 heteroatoms. The largest absolute Gasteiger partial charge is 0.508 e. The first-order chi connectivity index (χ1) is 9.15. The molecule has 0 aliphatic carbocycles. The minimum atomic E-state index is -0.733. The summed E-state index contributed by atoms with van der Waals surface area (Å²) in [5.74, 6) is -1.33. The molecule has 3 N–H and O–H groups in total. The van der Waals surface area contributed by atoms with Crippen molar-refractivity contribution in [2.75, 3.05) is 18.5 Å². The number of carbonyl (C=O) groups is 2. The minimum absolute atomic E-state index is 0.00502. The van der Waals surface area contributed by atoms with Crippen LogP contribution in [0.3, 0.4) is 0 Å². The molecule has 1 aliphatic heterocycles. The third-order valence-corrected chi connectivity index (χ3v) is 2.85. The third-order valence-electron chi connectivity index (χ3n) is 2.85. The molecule has 102 valence electrons. The van der Waals surface area contributed by atoms with Crippen LogP contribution in [0, 0.1) is 0 Å². The van der Waals surface area contributed by atoms with Crippen LogP contribution in [-0.2, 0) is 14.3 Å². The van der Waals surface area contributed by atoms with Crippen LogP contribution in [-0.4, -0.2) is 36.2 Å². The Morgan fingerprint density at radius 3 is 2.63 bits per heavy atom. The van der Waals surface area contributed by atoms with Gasteiger partial charge in [0.2, 0.25) is 0 Å². The zero-order valence-corrected chi connectivity index (χ0v) is 10.4. The van der Waals surface area contributed by atoms with Gasteiger partial charge in [-0.05, 0) is 37.1 Å². The van der Waals surface area contributed by atoms with Crippen LogP contribution >= 0.6 is 0 Å². The average molecular weight is 264 g/mol. The number of anilines is 1. The summed E-state index contributed by atoms with van der Waals surface area (Å²) in [7, 11) is 0. The fourth-order valence-electron chi connectivity index (χ4n) is 1.82. The van der Waals surface area contributed by atoms with E-state index in [9.17, 15) is 9.59 Å². The zero-order valence-electron chi connectivity index (χ0n) is 10.4. The SMILES string of the molecule is O=C(NCC1CCCO1)C(=O)Nc1ccc(O)cc1. The molecule has 0 spiro atoms. The van der Waals surface area contributed by atoms with Crippen LogP contribution in [0.25, 0.3) is 0 Å². The number of hydrogen-bond acceptors (Lipinski definition) is 4. The molecule has 19 heavy (non-hydrogen) atoms. The van der Waals surface area contributed by atoms with Crippen LogP contribution in [0.5, 0.6) is 5.75 Å². The van der Waals surface area contributed by atoms with E-state index in [4.69, 9.17) is 9.84 Å². The number of ether oxygens (including phenoxy) is 1. The lowest BCUT2D eigenvalue weighted by Gasteiger charge is -2.10. The molecule has 1 atom stereocenters. The van der Waals surface area contributed by atoms with E-state index in [1.54, 1.807) is 0 Å². The summed E-state index contributed by atoms with van der Waals surface area (Å²) in [4.78, 5) is 23.1. The second-order valence-electron chi connectivity index (χ2n) is 4.35. The molecule has 1 aromatic rings. The molecule has 2 rings (SSSR count). The zero-order chi connectivity index (χ0) is 13.7. The van der Waals surface area contributed by atoms with Crippen molar-refractivity contribution in [3.05, 3.63) is 24.3 Å². The number of hydrogen-bond donors (Lipinski definition) is 3. The number of rotatable bonds is 3. The molecule has 1 aromatic carbocycles. The highest BCUT2D eigenvalue weighted by Crippen LogP contribution is 2.13. The molecule has 0 aromatic heterocycles. The van der Waals surface area contributed by atoms with Crippen molar-refractivity contribution in [3.8, 4) is 5.75 Å². The van der Waals surface area contributed by atoms with Crippen molar-refractivity contribution in [1.29, 1.82) is 0 Å². The van der Waals surface area contributed by atoms with Crippen molar-refractivity contribution in [3.63, 3.8) is 0 Å². The first-order valence-corrected chi connectivity index (χ1v) is 6.15. The third kappa shape index (κ3) is 3.96. The average Bonchev–Trinajstić information content (AvgIpc) is 2.91. The Morgan fingerprint density at radius 2 is 2.00 bits per heavy atom. The number of aromatic hydroxyl groups is 1. The predicted molar refractivity (Wildman–Crippen MR) is 68.7 cm³/mol. The predicted octanol–water partition coefficient (Wildman–Crippen LogP) is 0.626. The van der Waals surface area contributed by atoms with Gasteiger partial charge in [-0.25, -0.2) is 0 Å². The summed E-state index contributed by atoms with van der Waals surface area (Å²) in [6.45, 7) is 1.06. The summed E-state index contributed by atoms with van der Waals surface area (Å²) >= 11 is 0. The van der Waals surface area contributed by atoms with Crippen LogP contribution < -0.4 is 10.6 Å². The van der Waals surface area contributed by atoms with E-state index < -0.39 is 11.8 Å². The number of carbonyl (C=O) groups excluding carboxylic acids is 2. The van der Waals surface area contributed by atoms with Crippen LogP contribution in [0.1, 0.15) is 12.8 Å². The molecule has 1 heterocycles. The Kier molecular flexibility index (Phi) is 4.35. The molecule has 1 unspecified atom stereocenters. The Balaban J connectivity index is 1.78. The molecule has 0 saturated carbocycles. The molecule has 1 saturated heterocycles. The lowest BCUT2D eigenvalue weighted by molar-refractivity contribution is -0.136. The molecular weight excluding hydrogens is 248 g/mol. The second-order valence-corrected chi connectivity index (χ2v) is 4.35. The summed E-state index contributed by atoms with van der Waals surface area (Å²) < 4.78 is 5.34. The normalized spacial score (nSPS) is 18.0. The summed E-state index contributed by atoms with van der Waals surface area (Å²) in [5, 5.41) is 14.1. The van der Waals surface area contributed by atoms with Crippen molar-refractivity contribution in [2.45, 2.75) is 18.9 Å². The van der Waals surface area contributed by atoms with E-state index in [1.807, 2.05) is 0 Å². The van der Waals surface area contributed by atoms with Crippen molar-refractivity contribution >= 4 is 17.5 Å². The Morgan fingerprint density at radius 1 is 1.26 bits per heavy atom. The molecule has 6 nitrogen and oxygen atoms in total. The van der Waals surface area contributed by atoms with Gasteiger partial charge in [0, 0.05) is 18.8 Å². The molecule has 1 aliphatic rings. The van der Waals surface area contributed by atoms with E-state index in [0.29, 0.717) is 18.8 Å². The molecular formula is C13H16N2O4. The van der Waals surface area contributed by atoms with Gasteiger partial charge in [-0.3, -0.25) is 9.59 Å². The van der Waals surface area contributed by atoms with Crippen LogP contribution in [0.15, 0.2) is 24.3 Å². The number of benzene rings is 1. The van der Waals surface area contributed by atoms with Crippen molar-refractivity contribution in [2.24, 2.45) is 0 Å². The van der Waals surface area contributed by atoms with Gasteiger partial charge in [-0.15, -0.1) is 0 Å². The summed E-state index contributed by atoms with van der Waals surface area (Å²) in [5.41, 5.74) is 0.454. The van der Waals surface area contributed by atoms with Crippen LogP contribution in [0.4, 0.5) is 5.69 Å². The lowest BCUT2D eigenvalue weighted by atomic mass is 10.2. The highest BCUT2D eigenvalue weighted by atomic mass is 16.5. The molecule has 1 fully saturated rings. The molecule has 2 amide bonds. The van der Waals surface area contributed by atoms with E-state index in [0.717, 1.165) is 12.8 Å². The monoisotopic (exact) mass is 264 g/mol. The Hall–Kier alpha value is -2.08. The summed E-state index contributed by atoms with van der Waals surface area (Å²) in [6.07, 6.45) is 1.89. The maximum Gasteiger partial charge on any atom is 0.313 e. The second kappa shape index (κ2) is 6.19. The number of amides is 2. The van der Waals surface area contributed by atoms with Gasteiger partial charge in [-0.1, -0.05) is 0 Å². The topological polar surface area (TPSA) is 87.7 Å². The van der Waals surface area contributed by atoms with Gasteiger partial charge in [0.25, 0.3) is 0 Å². The van der Waals surface area contributed by atoms with E-state index in [-0.39, 0.29) is 11.9 Å². The molecule has 0 bridgehead atoms. The van der Waals surface area contributed by atoms with Crippen LogP contribution in [0.2, 0.25) is 0 Å². The fraction of sp³-hybridized carbons (Fsp3) is 0.385. The van der Waals surface area contributed by atoms with Crippen molar-refractivity contribution in [1.82, 2.24) is 5.32 Å². The van der Waals surface area contributed by atoms with Crippen molar-refractivity contribution < 1.29 is 19.4 Å². The maximum absolute atomic E-state index is 11.6. The van der Waals surface area contributed by atoms with Gasteiger partial charge >= 0.3 is 11.8 Å². The number of nitrogens with one attached hydrogen (secondary N) is 2. The van der Waals surface area contributed by atoms with E-state index in [2.05, 4.69) is 10.6 Å². The maximum atomic E-state index is 11.6. The summed E-state index contributed by atoms with van der Waals surface area (Å²) in [6, 6.07) is 5.89. The lowest BCUT2D eigenvalue weighted by Crippen LogP contribution is -2.39.